The first kappa shape index (κ1) is 21.8. The maximum Gasteiger partial charge on any atom is 0.230 e. The van der Waals surface area contributed by atoms with Gasteiger partial charge in [-0.3, -0.25) is 9.36 Å². The molecule has 3 aromatic rings. The molecule has 4 rings (SSSR count). The lowest BCUT2D eigenvalue weighted by molar-refractivity contribution is -0.119. The lowest BCUT2D eigenvalue weighted by Crippen LogP contribution is -2.32. The summed E-state index contributed by atoms with van der Waals surface area (Å²) in [7, 11) is 0. The van der Waals surface area contributed by atoms with Crippen LogP contribution >= 0.6 is 23.4 Å². The zero-order chi connectivity index (χ0) is 21.6. The molecular formula is C22H26ClN5O2S. The molecule has 31 heavy (non-hydrogen) atoms. The topological polar surface area (TPSA) is 76.2 Å². The number of piperidine rings is 1. The van der Waals surface area contributed by atoms with Gasteiger partial charge >= 0.3 is 0 Å². The highest BCUT2D eigenvalue weighted by molar-refractivity contribution is 7.99. The first-order valence-electron chi connectivity index (χ1n) is 10.5. The fourth-order valence-electron chi connectivity index (χ4n) is 3.73. The SMILES string of the molecule is CC(NC(=O)CSc1nnc(N2CCCCC2)n1Cc1ccco1)c1ccccc1Cl. The Balaban J connectivity index is 1.44. The molecule has 1 atom stereocenters. The minimum Gasteiger partial charge on any atom is -0.467 e. The average Bonchev–Trinajstić information content (AvgIpc) is 3.43. The molecule has 1 aliphatic heterocycles. The maximum atomic E-state index is 12.6. The number of rotatable bonds is 8. The van der Waals surface area contributed by atoms with Crippen molar-refractivity contribution in [3.05, 3.63) is 59.0 Å². The van der Waals surface area contributed by atoms with E-state index in [0.29, 0.717) is 16.7 Å². The third-order valence-electron chi connectivity index (χ3n) is 5.31. The molecule has 1 aromatic carbocycles. The lowest BCUT2D eigenvalue weighted by Gasteiger charge is -2.27. The molecule has 0 aliphatic carbocycles. The highest BCUT2D eigenvalue weighted by atomic mass is 35.5. The minimum atomic E-state index is -0.174. The summed E-state index contributed by atoms with van der Waals surface area (Å²) in [5.74, 6) is 1.83. The van der Waals surface area contributed by atoms with E-state index in [1.807, 2.05) is 47.9 Å². The van der Waals surface area contributed by atoms with Crippen LogP contribution in [0.4, 0.5) is 5.95 Å². The number of carbonyl (C=O) groups excluding carboxylic acids is 1. The summed E-state index contributed by atoms with van der Waals surface area (Å²) < 4.78 is 7.59. The first-order valence-corrected chi connectivity index (χ1v) is 11.9. The molecule has 0 bridgehead atoms. The molecule has 1 amide bonds. The standard InChI is InChI=1S/C22H26ClN5O2S/c1-16(18-9-3-4-10-19(18)23)24-20(29)15-31-22-26-25-21(27-11-5-2-6-12-27)28(22)14-17-8-7-13-30-17/h3-4,7-10,13,16H,2,5-6,11-12,14-15H2,1H3,(H,24,29). The second kappa shape index (κ2) is 10.2. The van der Waals surface area contributed by atoms with Gasteiger partial charge in [-0.2, -0.15) is 0 Å². The summed E-state index contributed by atoms with van der Waals surface area (Å²) in [5, 5.41) is 13.2. The largest absolute Gasteiger partial charge is 0.467 e. The van der Waals surface area contributed by atoms with Crippen LogP contribution in [0.1, 0.15) is 43.6 Å². The summed E-state index contributed by atoms with van der Waals surface area (Å²) in [5.41, 5.74) is 0.899. The summed E-state index contributed by atoms with van der Waals surface area (Å²) >= 11 is 7.63. The Morgan fingerprint density at radius 2 is 2.00 bits per heavy atom. The third-order valence-corrected chi connectivity index (χ3v) is 6.62. The molecule has 1 saturated heterocycles. The summed E-state index contributed by atoms with van der Waals surface area (Å²) in [6.45, 7) is 4.40. The monoisotopic (exact) mass is 459 g/mol. The molecular weight excluding hydrogens is 434 g/mol. The Kier molecular flexibility index (Phi) is 7.19. The molecule has 0 saturated carbocycles. The van der Waals surface area contributed by atoms with Gasteiger partial charge in [-0.25, -0.2) is 0 Å². The smallest absolute Gasteiger partial charge is 0.230 e. The van der Waals surface area contributed by atoms with E-state index in [0.717, 1.165) is 43.2 Å². The van der Waals surface area contributed by atoms with Crippen LogP contribution in [-0.4, -0.2) is 39.5 Å². The summed E-state index contributed by atoms with van der Waals surface area (Å²) in [6.07, 6.45) is 5.21. The van der Waals surface area contributed by atoms with Gasteiger partial charge in [-0.1, -0.05) is 41.6 Å². The van der Waals surface area contributed by atoms with Crippen LogP contribution in [0.25, 0.3) is 0 Å². The van der Waals surface area contributed by atoms with Crippen LogP contribution in [0.5, 0.6) is 0 Å². The van der Waals surface area contributed by atoms with Crippen LogP contribution in [0.15, 0.2) is 52.2 Å². The number of nitrogens with one attached hydrogen (secondary N) is 1. The van der Waals surface area contributed by atoms with Crippen molar-refractivity contribution in [1.29, 1.82) is 0 Å². The van der Waals surface area contributed by atoms with Gasteiger partial charge in [0, 0.05) is 18.1 Å². The predicted molar refractivity (Wildman–Crippen MR) is 123 cm³/mol. The number of benzene rings is 1. The number of halogens is 1. The normalized spacial score (nSPS) is 15.1. The minimum absolute atomic E-state index is 0.0792. The Morgan fingerprint density at radius 1 is 1.19 bits per heavy atom. The molecule has 164 valence electrons. The second-order valence-corrected chi connectivity index (χ2v) is 8.94. The second-order valence-electron chi connectivity index (χ2n) is 7.60. The Hall–Kier alpha value is -2.45. The van der Waals surface area contributed by atoms with E-state index in [1.54, 1.807) is 6.26 Å². The number of hydrogen-bond donors (Lipinski definition) is 1. The number of hydrogen-bond acceptors (Lipinski definition) is 6. The Labute approximate surface area is 191 Å². The number of nitrogens with zero attached hydrogens (tertiary/aromatic N) is 4. The Morgan fingerprint density at radius 3 is 2.74 bits per heavy atom. The number of aromatic nitrogens is 3. The van der Waals surface area contributed by atoms with Gasteiger partial charge in [0.05, 0.1) is 24.6 Å². The number of amides is 1. The molecule has 3 heterocycles. The zero-order valence-corrected chi connectivity index (χ0v) is 19.0. The predicted octanol–water partition coefficient (Wildman–Crippen LogP) is 4.53. The molecule has 0 radical (unpaired) electrons. The first-order chi connectivity index (χ1) is 15.1. The average molecular weight is 460 g/mol. The number of carbonyl (C=O) groups is 1. The third kappa shape index (κ3) is 5.43. The van der Waals surface area contributed by atoms with Crippen molar-refractivity contribution in [1.82, 2.24) is 20.1 Å². The van der Waals surface area contributed by atoms with E-state index in [9.17, 15) is 4.79 Å². The van der Waals surface area contributed by atoms with Crippen molar-refractivity contribution in [3.8, 4) is 0 Å². The van der Waals surface area contributed by atoms with Crippen molar-refractivity contribution in [2.75, 3.05) is 23.7 Å². The van der Waals surface area contributed by atoms with Gasteiger partial charge in [0.2, 0.25) is 11.9 Å². The van der Waals surface area contributed by atoms with E-state index >= 15 is 0 Å². The molecule has 2 aromatic heterocycles. The van der Waals surface area contributed by atoms with Crippen molar-refractivity contribution in [2.45, 2.75) is 43.9 Å². The highest BCUT2D eigenvalue weighted by Crippen LogP contribution is 2.26. The van der Waals surface area contributed by atoms with Crippen LogP contribution in [0, 0.1) is 0 Å². The number of furan rings is 1. The molecule has 1 unspecified atom stereocenters. The van der Waals surface area contributed by atoms with Gasteiger partial charge in [-0.05, 0) is 49.9 Å². The molecule has 7 nitrogen and oxygen atoms in total. The number of thioether (sulfide) groups is 1. The van der Waals surface area contributed by atoms with Gasteiger partial charge in [0.25, 0.3) is 0 Å². The maximum absolute atomic E-state index is 12.6. The zero-order valence-electron chi connectivity index (χ0n) is 17.5. The van der Waals surface area contributed by atoms with Gasteiger partial charge in [0.1, 0.15) is 5.76 Å². The van der Waals surface area contributed by atoms with E-state index in [1.165, 1.54) is 18.2 Å². The van der Waals surface area contributed by atoms with Crippen molar-refractivity contribution < 1.29 is 9.21 Å². The van der Waals surface area contributed by atoms with Gasteiger partial charge < -0.3 is 14.6 Å². The van der Waals surface area contributed by atoms with Crippen molar-refractivity contribution >= 4 is 35.2 Å². The van der Waals surface area contributed by atoms with Crippen LogP contribution in [0.2, 0.25) is 5.02 Å². The molecule has 9 heteroatoms. The van der Waals surface area contributed by atoms with Gasteiger partial charge in [-0.15, -0.1) is 10.2 Å². The highest BCUT2D eigenvalue weighted by Gasteiger charge is 2.22. The summed E-state index contributed by atoms with van der Waals surface area (Å²) in [6, 6.07) is 11.2. The van der Waals surface area contributed by atoms with E-state index < -0.39 is 0 Å². The molecule has 0 spiro atoms. The quantitative estimate of drug-likeness (QED) is 0.498. The van der Waals surface area contributed by atoms with E-state index in [2.05, 4.69) is 20.4 Å². The van der Waals surface area contributed by atoms with Crippen LogP contribution < -0.4 is 10.2 Å². The Bertz CT molecular complexity index is 1000. The molecule has 1 aliphatic rings. The van der Waals surface area contributed by atoms with Gasteiger partial charge in [0.15, 0.2) is 5.16 Å². The van der Waals surface area contributed by atoms with E-state index in [4.69, 9.17) is 16.0 Å². The van der Waals surface area contributed by atoms with Crippen LogP contribution in [-0.2, 0) is 11.3 Å². The fourth-order valence-corrected chi connectivity index (χ4v) is 4.77. The number of anilines is 1. The van der Waals surface area contributed by atoms with Crippen molar-refractivity contribution in [3.63, 3.8) is 0 Å². The lowest BCUT2D eigenvalue weighted by atomic mass is 10.1. The fraction of sp³-hybridized carbons (Fsp3) is 0.409. The van der Waals surface area contributed by atoms with Crippen LogP contribution in [0.3, 0.4) is 0 Å². The van der Waals surface area contributed by atoms with E-state index in [-0.39, 0.29) is 17.7 Å². The molecule has 1 N–H and O–H groups in total. The molecule has 1 fully saturated rings. The van der Waals surface area contributed by atoms with Crippen molar-refractivity contribution in [2.24, 2.45) is 0 Å². The summed E-state index contributed by atoms with van der Waals surface area (Å²) in [4.78, 5) is 14.9.